The SMILES string of the molecule is CC1(C(=O)O)C=CC=C(C(=O)O)C1.CCCC=O. The molecule has 1 atom stereocenters. The molecule has 5 nitrogen and oxygen atoms in total. The lowest BCUT2D eigenvalue weighted by Crippen LogP contribution is -2.28. The Morgan fingerprint density at radius 2 is 2.06 bits per heavy atom. The second kappa shape index (κ2) is 7.42. The zero-order valence-corrected chi connectivity index (χ0v) is 10.5. The summed E-state index contributed by atoms with van der Waals surface area (Å²) in [5, 5.41) is 17.5. The molecule has 0 aliphatic heterocycles. The fourth-order valence-corrected chi connectivity index (χ4v) is 1.30. The van der Waals surface area contributed by atoms with Crippen molar-refractivity contribution in [2.75, 3.05) is 0 Å². The molecule has 0 heterocycles. The van der Waals surface area contributed by atoms with Gasteiger partial charge in [0.1, 0.15) is 6.29 Å². The number of carboxylic acid groups (broad SMARTS) is 2. The normalized spacial score (nSPS) is 21.3. The summed E-state index contributed by atoms with van der Waals surface area (Å²) in [6, 6.07) is 0. The van der Waals surface area contributed by atoms with E-state index in [1.807, 2.05) is 6.92 Å². The van der Waals surface area contributed by atoms with E-state index in [9.17, 15) is 14.4 Å². The molecule has 1 aliphatic rings. The van der Waals surface area contributed by atoms with Crippen LogP contribution in [0.15, 0.2) is 23.8 Å². The van der Waals surface area contributed by atoms with Crippen LogP contribution in [0.4, 0.5) is 0 Å². The molecule has 0 saturated carbocycles. The number of aliphatic carboxylic acids is 2. The maximum Gasteiger partial charge on any atom is 0.331 e. The number of carboxylic acids is 2. The molecule has 1 unspecified atom stereocenters. The summed E-state index contributed by atoms with van der Waals surface area (Å²) in [5.41, 5.74) is -0.949. The molecule has 18 heavy (non-hydrogen) atoms. The Kier molecular flexibility index (Phi) is 6.63. The summed E-state index contributed by atoms with van der Waals surface area (Å²) in [5.74, 6) is -2.06. The van der Waals surface area contributed by atoms with Crippen LogP contribution in [-0.4, -0.2) is 28.4 Å². The van der Waals surface area contributed by atoms with Gasteiger partial charge in [-0.05, 0) is 19.8 Å². The van der Waals surface area contributed by atoms with Crippen LogP contribution < -0.4 is 0 Å². The van der Waals surface area contributed by atoms with Crippen molar-refractivity contribution in [1.29, 1.82) is 0 Å². The minimum atomic E-state index is -1.08. The summed E-state index contributed by atoms with van der Waals surface area (Å²) < 4.78 is 0. The van der Waals surface area contributed by atoms with E-state index < -0.39 is 17.4 Å². The quantitative estimate of drug-likeness (QED) is 0.749. The van der Waals surface area contributed by atoms with Crippen LogP contribution in [0, 0.1) is 5.41 Å². The monoisotopic (exact) mass is 254 g/mol. The molecular weight excluding hydrogens is 236 g/mol. The molecule has 0 fully saturated rings. The van der Waals surface area contributed by atoms with E-state index >= 15 is 0 Å². The second-order valence-corrected chi connectivity index (χ2v) is 4.21. The lowest BCUT2D eigenvalue weighted by atomic mass is 9.80. The molecule has 100 valence electrons. The van der Waals surface area contributed by atoms with Crippen LogP contribution in [0.25, 0.3) is 0 Å². The van der Waals surface area contributed by atoms with Crippen molar-refractivity contribution in [2.24, 2.45) is 5.41 Å². The average Bonchev–Trinajstić information content (AvgIpc) is 2.30. The topological polar surface area (TPSA) is 91.7 Å². The fourth-order valence-electron chi connectivity index (χ4n) is 1.30. The van der Waals surface area contributed by atoms with Crippen molar-refractivity contribution in [3.8, 4) is 0 Å². The standard InChI is InChI=1S/C9H10O4.C4H8O/c1-9(8(12)13)4-2-3-6(5-9)7(10)11;1-2-3-4-5/h2-4H,5H2,1H3,(H,10,11)(H,12,13);4H,2-3H2,1H3. The van der Waals surface area contributed by atoms with Crippen LogP contribution >= 0.6 is 0 Å². The zero-order chi connectivity index (χ0) is 14.2. The summed E-state index contributed by atoms with van der Waals surface area (Å²) >= 11 is 0. The molecular formula is C13H18O5. The van der Waals surface area contributed by atoms with Crippen molar-refractivity contribution in [3.05, 3.63) is 23.8 Å². The highest BCUT2D eigenvalue weighted by Crippen LogP contribution is 2.31. The van der Waals surface area contributed by atoms with Crippen molar-refractivity contribution in [3.63, 3.8) is 0 Å². The van der Waals surface area contributed by atoms with E-state index in [0.717, 1.165) is 12.7 Å². The summed E-state index contributed by atoms with van der Waals surface area (Å²) in [6.45, 7) is 3.48. The Balaban J connectivity index is 0.000000494. The Morgan fingerprint density at radius 3 is 2.39 bits per heavy atom. The highest BCUT2D eigenvalue weighted by Gasteiger charge is 2.34. The number of carbonyl (C=O) groups is 3. The Labute approximate surface area is 106 Å². The lowest BCUT2D eigenvalue weighted by molar-refractivity contribution is -0.145. The molecule has 0 bridgehead atoms. The van der Waals surface area contributed by atoms with E-state index in [2.05, 4.69) is 0 Å². The highest BCUT2D eigenvalue weighted by molar-refractivity contribution is 5.90. The predicted octanol–water partition coefficient (Wildman–Crippen LogP) is 2.03. The molecule has 0 aromatic carbocycles. The van der Waals surface area contributed by atoms with Gasteiger partial charge in [-0.3, -0.25) is 4.79 Å². The fraction of sp³-hybridized carbons (Fsp3) is 0.462. The third kappa shape index (κ3) is 4.95. The number of carbonyl (C=O) groups excluding carboxylic acids is 1. The number of aldehydes is 1. The summed E-state index contributed by atoms with van der Waals surface area (Å²) in [6.07, 6.45) is 7.05. The molecule has 0 spiro atoms. The summed E-state index contributed by atoms with van der Waals surface area (Å²) in [7, 11) is 0. The van der Waals surface area contributed by atoms with E-state index in [1.54, 1.807) is 0 Å². The molecule has 2 N–H and O–H groups in total. The molecule has 0 aromatic rings. The second-order valence-electron chi connectivity index (χ2n) is 4.21. The first kappa shape index (κ1) is 16.1. The number of hydrogen-bond acceptors (Lipinski definition) is 3. The van der Waals surface area contributed by atoms with Gasteiger partial charge in [0, 0.05) is 12.0 Å². The maximum atomic E-state index is 10.8. The van der Waals surface area contributed by atoms with Crippen molar-refractivity contribution < 1.29 is 24.6 Å². The first-order valence-corrected chi connectivity index (χ1v) is 5.66. The van der Waals surface area contributed by atoms with Crippen LogP contribution in [0.1, 0.15) is 33.1 Å². The van der Waals surface area contributed by atoms with Gasteiger partial charge in [0.15, 0.2) is 0 Å². The van der Waals surface area contributed by atoms with Crippen molar-refractivity contribution in [2.45, 2.75) is 33.1 Å². The van der Waals surface area contributed by atoms with Gasteiger partial charge < -0.3 is 15.0 Å². The van der Waals surface area contributed by atoms with Crippen LogP contribution in [-0.2, 0) is 14.4 Å². The van der Waals surface area contributed by atoms with Gasteiger partial charge in [0.05, 0.1) is 5.41 Å². The maximum absolute atomic E-state index is 10.8. The Hall–Kier alpha value is -1.91. The van der Waals surface area contributed by atoms with Crippen LogP contribution in [0.3, 0.4) is 0 Å². The minimum Gasteiger partial charge on any atom is -0.481 e. The van der Waals surface area contributed by atoms with Gasteiger partial charge in [-0.15, -0.1) is 0 Å². The Bertz CT molecular complexity index is 381. The van der Waals surface area contributed by atoms with Gasteiger partial charge in [0.25, 0.3) is 0 Å². The molecule has 5 heteroatoms. The largest absolute Gasteiger partial charge is 0.481 e. The average molecular weight is 254 g/mol. The minimum absolute atomic E-state index is 0.0359. The third-order valence-corrected chi connectivity index (χ3v) is 2.49. The molecule has 0 aromatic heterocycles. The van der Waals surface area contributed by atoms with Gasteiger partial charge in [-0.1, -0.05) is 25.2 Å². The Morgan fingerprint density at radius 1 is 1.44 bits per heavy atom. The van der Waals surface area contributed by atoms with Crippen molar-refractivity contribution >= 4 is 18.2 Å². The molecule has 1 aliphatic carbocycles. The first-order valence-electron chi connectivity index (χ1n) is 5.66. The first-order chi connectivity index (χ1) is 8.37. The smallest absolute Gasteiger partial charge is 0.331 e. The van der Waals surface area contributed by atoms with E-state index in [0.29, 0.717) is 6.42 Å². The van der Waals surface area contributed by atoms with Gasteiger partial charge in [-0.25, -0.2) is 4.79 Å². The predicted molar refractivity (Wildman–Crippen MR) is 66.2 cm³/mol. The highest BCUT2D eigenvalue weighted by atomic mass is 16.4. The van der Waals surface area contributed by atoms with Crippen LogP contribution in [0.2, 0.25) is 0 Å². The van der Waals surface area contributed by atoms with Crippen molar-refractivity contribution in [1.82, 2.24) is 0 Å². The molecule has 0 saturated heterocycles. The molecule has 0 radical (unpaired) electrons. The van der Waals surface area contributed by atoms with E-state index in [4.69, 9.17) is 10.2 Å². The molecule has 1 rings (SSSR count). The third-order valence-electron chi connectivity index (χ3n) is 2.49. The lowest BCUT2D eigenvalue weighted by Gasteiger charge is -2.23. The van der Waals surface area contributed by atoms with E-state index in [-0.39, 0.29) is 12.0 Å². The zero-order valence-electron chi connectivity index (χ0n) is 10.5. The molecule has 0 amide bonds. The number of allylic oxidation sites excluding steroid dienone is 2. The number of hydrogen-bond donors (Lipinski definition) is 2. The van der Waals surface area contributed by atoms with E-state index in [1.165, 1.54) is 25.2 Å². The van der Waals surface area contributed by atoms with Crippen LogP contribution in [0.5, 0.6) is 0 Å². The van der Waals surface area contributed by atoms with Gasteiger partial charge in [0.2, 0.25) is 0 Å². The van der Waals surface area contributed by atoms with Gasteiger partial charge >= 0.3 is 11.9 Å². The van der Waals surface area contributed by atoms with Gasteiger partial charge in [-0.2, -0.15) is 0 Å². The number of rotatable bonds is 4. The summed E-state index contributed by atoms with van der Waals surface area (Å²) in [4.78, 5) is 30.7. The number of unbranched alkanes of at least 4 members (excludes halogenated alkanes) is 1.